The van der Waals surface area contributed by atoms with Gasteiger partial charge >= 0.3 is 5.97 Å². The Balaban J connectivity index is 1.92. The molecule has 0 fully saturated rings. The zero-order valence-electron chi connectivity index (χ0n) is 11.7. The van der Waals surface area contributed by atoms with E-state index in [1.54, 1.807) is 31.4 Å². The van der Waals surface area contributed by atoms with Gasteiger partial charge in [0.15, 0.2) is 5.70 Å². The van der Waals surface area contributed by atoms with Crippen molar-refractivity contribution in [2.24, 2.45) is 4.99 Å². The Morgan fingerprint density at radius 3 is 2.55 bits per heavy atom. The molecule has 0 aliphatic carbocycles. The van der Waals surface area contributed by atoms with Crippen LogP contribution in [0.25, 0.3) is 6.08 Å². The maximum Gasteiger partial charge on any atom is 0.363 e. The second kappa shape index (κ2) is 6.03. The lowest BCUT2D eigenvalue weighted by Gasteiger charge is -2.00. The maximum atomic E-state index is 11.9. The Labute approximate surface area is 132 Å². The van der Waals surface area contributed by atoms with E-state index in [9.17, 15) is 4.79 Å². The summed E-state index contributed by atoms with van der Waals surface area (Å²) in [7, 11) is 1.60. The summed E-state index contributed by atoms with van der Waals surface area (Å²) >= 11 is 6.09. The highest BCUT2D eigenvalue weighted by molar-refractivity contribution is 6.34. The van der Waals surface area contributed by atoms with Crippen LogP contribution in [0.15, 0.2) is 59.2 Å². The number of esters is 1. The number of cyclic esters (lactones) is 1. The van der Waals surface area contributed by atoms with E-state index in [0.717, 1.165) is 11.3 Å². The molecule has 0 amide bonds. The van der Waals surface area contributed by atoms with E-state index in [1.807, 2.05) is 30.3 Å². The molecule has 0 N–H and O–H groups in total. The third-order valence-electron chi connectivity index (χ3n) is 3.14. The molecule has 5 heteroatoms. The van der Waals surface area contributed by atoms with Crippen molar-refractivity contribution in [2.45, 2.75) is 0 Å². The first-order valence-electron chi connectivity index (χ1n) is 6.59. The van der Waals surface area contributed by atoms with Gasteiger partial charge in [-0.2, -0.15) is 0 Å². The summed E-state index contributed by atoms with van der Waals surface area (Å²) in [5, 5.41) is 0.486. The minimum Gasteiger partial charge on any atom is -0.497 e. The van der Waals surface area contributed by atoms with Crippen molar-refractivity contribution in [3.63, 3.8) is 0 Å². The van der Waals surface area contributed by atoms with Crippen LogP contribution in [-0.4, -0.2) is 19.0 Å². The average molecular weight is 314 g/mol. The first kappa shape index (κ1) is 14.4. The van der Waals surface area contributed by atoms with Crippen LogP contribution in [0.1, 0.15) is 11.1 Å². The molecule has 22 heavy (non-hydrogen) atoms. The van der Waals surface area contributed by atoms with Crippen LogP contribution in [-0.2, 0) is 9.53 Å². The maximum absolute atomic E-state index is 11.9. The SMILES string of the molecule is COc1ccc(C=C2N=C(c3ccccc3Cl)OC2=O)cc1. The second-order valence-electron chi connectivity index (χ2n) is 4.59. The Hall–Kier alpha value is -2.59. The second-order valence-corrected chi connectivity index (χ2v) is 5.00. The lowest BCUT2D eigenvalue weighted by molar-refractivity contribution is -0.129. The van der Waals surface area contributed by atoms with E-state index < -0.39 is 5.97 Å². The average Bonchev–Trinajstić information content (AvgIpc) is 2.89. The van der Waals surface area contributed by atoms with Crippen LogP contribution in [0.3, 0.4) is 0 Å². The van der Waals surface area contributed by atoms with Crippen molar-refractivity contribution in [1.82, 2.24) is 0 Å². The lowest BCUT2D eigenvalue weighted by Crippen LogP contribution is -2.05. The van der Waals surface area contributed by atoms with Gasteiger partial charge in [-0.15, -0.1) is 0 Å². The fourth-order valence-electron chi connectivity index (χ4n) is 2.02. The van der Waals surface area contributed by atoms with Crippen LogP contribution in [0.4, 0.5) is 0 Å². The summed E-state index contributed by atoms with van der Waals surface area (Å²) in [6.45, 7) is 0. The molecule has 0 saturated carbocycles. The molecule has 3 rings (SSSR count). The lowest BCUT2D eigenvalue weighted by atomic mass is 10.2. The number of halogens is 1. The minimum atomic E-state index is -0.495. The number of carbonyl (C=O) groups is 1. The predicted molar refractivity (Wildman–Crippen MR) is 85.1 cm³/mol. The van der Waals surface area contributed by atoms with E-state index in [2.05, 4.69) is 4.99 Å². The van der Waals surface area contributed by atoms with Crippen LogP contribution in [0.5, 0.6) is 5.75 Å². The van der Waals surface area contributed by atoms with Gasteiger partial charge in [0.2, 0.25) is 5.90 Å². The van der Waals surface area contributed by atoms with Gasteiger partial charge in [-0.05, 0) is 35.9 Å². The molecule has 4 nitrogen and oxygen atoms in total. The molecule has 1 aliphatic rings. The largest absolute Gasteiger partial charge is 0.497 e. The molecule has 1 aliphatic heterocycles. The highest BCUT2D eigenvalue weighted by atomic mass is 35.5. The standard InChI is InChI=1S/C17H12ClNO3/c1-21-12-8-6-11(7-9-12)10-15-17(20)22-16(19-15)13-4-2-3-5-14(13)18/h2-10H,1H3. The zero-order valence-corrected chi connectivity index (χ0v) is 12.5. The van der Waals surface area contributed by atoms with Gasteiger partial charge in [-0.1, -0.05) is 35.9 Å². The van der Waals surface area contributed by atoms with Gasteiger partial charge in [0.05, 0.1) is 17.7 Å². The Morgan fingerprint density at radius 2 is 1.86 bits per heavy atom. The minimum absolute atomic E-state index is 0.218. The van der Waals surface area contributed by atoms with Crippen molar-refractivity contribution < 1.29 is 14.3 Å². The van der Waals surface area contributed by atoms with Gasteiger partial charge in [0, 0.05) is 0 Å². The van der Waals surface area contributed by atoms with E-state index in [-0.39, 0.29) is 11.6 Å². The molecule has 0 saturated heterocycles. The van der Waals surface area contributed by atoms with Gasteiger partial charge in [0.1, 0.15) is 5.75 Å². The van der Waals surface area contributed by atoms with E-state index >= 15 is 0 Å². The Bertz CT molecular complexity index is 779. The van der Waals surface area contributed by atoms with Crippen LogP contribution in [0, 0.1) is 0 Å². The number of carbonyl (C=O) groups excluding carboxylic acids is 1. The number of hydrogen-bond donors (Lipinski definition) is 0. The molecule has 0 bridgehead atoms. The molecule has 0 radical (unpaired) electrons. The molecule has 110 valence electrons. The number of aliphatic imine (C=N–C) groups is 1. The summed E-state index contributed by atoms with van der Waals surface area (Å²) in [6, 6.07) is 14.4. The summed E-state index contributed by atoms with van der Waals surface area (Å²) in [4.78, 5) is 16.2. The van der Waals surface area contributed by atoms with Crippen molar-refractivity contribution in [3.8, 4) is 5.75 Å². The van der Waals surface area contributed by atoms with E-state index in [4.69, 9.17) is 21.1 Å². The first-order valence-corrected chi connectivity index (χ1v) is 6.96. The van der Waals surface area contributed by atoms with Gasteiger partial charge < -0.3 is 9.47 Å². The number of hydrogen-bond acceptors (Lipinski definition) is 4. The number of ether oxygens (including phenoxy) is 2. The van der Waals surface area contributed by atoms with Crippen molar-refractivity contribution in [2.75, 3.05) is 7.11 Å². The number of nitrogens with zero attached hydrogens (tertiary/aromatic N) is 1. The zero-order chi connectivity index (χ0) is 15.5. The quantitative estimate of drug-likeness (QED) is 0.641. The van der Waals surface area contributed by atoms with E-state index in [1.165, 1.54) is 0 Å². The molecule has 2 aromatic carbocycles. The van der Waals surface area contributed by atoms with Crippen LogP contribution in [0.2, 0.25) is 5.02 Å². The fourth-order valence-corrected chi connectivity index (χ4v) is 2.23. The summed E-state index contributed by atoms with van der Waals surface area (Å²) < 4.78 is 10.3. The van der Waals surface area contributed by atoms with Gasteiger partial charge in [0.25, 0.3) is 0 Å². The third kappa shape index (κ3) is 2.87. The molecular formula is C17H12ClNO3. The topological polar surface area (TPSA) is 47.9 Å². The molecule has 0 aromatic heterocycles. The molecular weight excluding hydrogens is 302 g/mol. The number of benzene rings is 2. The van der Waals surface area contributed by atoms with Gasteiger partial charge in [-0.25, -0.2) is 9.79 Å². The van der Waals surface area contributed by atoms with E-state index in [0.29, 0.717) is 10.6 Å². The molecule has 0 unspecified atom stereocenters. The van der Waals surface area contributed by atoms with Crippen molar-refractivity contribution in [1.29, 1.82) is 0 Å². The Kier molecular flexibility index (Phi) is 3.94. The monoisotopic (exact) mass is 313 g/mol. The number of methoxy groups -OCH3 is 1. The number of rotatable bonds is 3. The molecule has 1 heterocycles. The molecule has 2 aromatic rings. The highest BCUT2D eigenvalue weighted by Gasteiger charge is 2.25. The van der Waals surface area contributed by atoms with Crippen molar-refractivity contribution in [3.05, 3.63) is 70.4 Å². The molecule has 0 atom stereocenters. The highest BCUT2D eigenvalue weighted by Crippen LogP contribution is 2.24. The fraction of sp³-hybridized carbons (Fsp3) is 0.0588. The van der Waals surface area contributed by atoms with Crippen LogP contribution < -0.4 is 4.74 Å². The van der Waals surface area contributed by atoms with Gasteiger partial charge in [-0.3, -0.25) is 0 Å². The Morgan fingerprint density at radius 1 is 1.14 bits per heavy atom. The first-order chi connectivity index (χ1) is 10.7. The summed E-state index contributed by atoms with van der Waals surface area (Å²) in [5.41, 5.74) is 1.66. The van der Waals surface area contributed by atoms with Crippen LogP contribution >= 0.6 is 11.6 Å². The normalized spacial score (nSPS) is 15.6. The van der Waals surface area contributed by atoms with Crippen molar-refractivity contribution >= 4 is 29.5 Å². The smallest absolute Gasteiger partial charge is 0.363 e. The predicted octanol–water partition coefficient (Wildman–Crippen LogP) is 3.69. The summed E-state index contributed by atoms with van der Waals surface area (Å²) in [5.74, 6) is 0.470. The summed E-state index contributed by atoms with van der Waals surface area (Å²) in [6.07, 6.45) is 1.66. The molecule has 0 spiro atoms. The third-order valence-corrected chi connectivity index (χ3v) is 3.47.